The normalized spacial score (nSPS) is 18.3. The Hall–Kier alpha value is -3.39. The number of hydrogen-bond acceptors (Lipinski definition) is 7. The number of nitrogens with zero attached hydrogens (tertiary/aromatic N) is 5. The first-order valence-corrected chi connectivity index (χ1v) is 11.6. The minimum absolute atomic E-state index is 0.377. The Balaban J connectivity index is 1.59. The summed E-state index contributed by atoms with van der Waals surface area (Å²) in [6.07, 6.45) is 9.00. The third kappa shape index (κ3) is 5.34. The van der Waals surface area contributed by atoms with Gasteiger partial charge in [0.05, 0.1) is 6.20 Å². The Morgan fingerprint density at radius 3 is 2.64 bits per heavy atom. The van der Waals surface area contributed by atoms with Gasteiger partial charge in [-0.3, -0.25) is 0 Å². The number of hydrogen-bond donors (Lipinski definition) is 3. The lowest BCUT2D eigenvalue weighted by Gasteiger charge is -2.33. The van der Waals surface area contributed by atoms with Gasteiger partial charge in [-0.15, -0.1) is 0 Å². The van der Waals surface area contributed by atoms with Crippen LogP contribution in [-0.4, -0.2) is 50.7 Å². The molecule has 8 nitrogen and oxygen atoms in total. The molecule has 1 fully saturated rings. The van der Waals surface area contributed by atoms with Gasteiger partial charge in [0, 0.05) is 34.7 Å². The average Bonchev–Trinajstić information content (AvgIpc) is 3.23. The zero-order valence-corrected chi connectivity index (χ0v) is 19.8. The van der Waals surface area contributed by atoms with Crippen LogP contribution in [0.15, 0.2) is 55.4 Å². The number of aromatic nitrogens is 4. The van der Waals surface area contributed by atoms with E-state index in [1.54, 1.807) is 10.6 Å². The quantitative estimate of drug-likeness (QED) is 0.406. The van der Waals surface area contributed by atoms with Crippen molar-refractivity contribution in [1.29, 1.82) is 0 Å². The maximum atomic E-state index is 4.82. The summed E-state index contributed by atoms with van der Waals surface area (Å²) in [4.78, 5) is 11.9. The number of allylic oxidation sites excluding steroid dienone is 1. The fourth-order valence-corrected chi connectivity index (χ4v) is 4.28. The molecule has 3 N–H and O–H groups in total. The minimum Gasteiger partial charge on any atom is -0.356 e. The summed E-state index contributed by atoms with van der Waals surface area (Å²) >= 11 is 0. The molecular weight excluding hydrogens is 412 g/mol. The highest BCUT2D eigenvalue weighted by Crippen LogP contribution is 2.26. The fourth-order valence-electron chi connectivity index (χ4n) is 4.28. The predicted octanol–water partition coefficient (Wildman–Crippen LogP) is 4.83. The largest absolute Gasteiger partial charge is 0.356 e. The van der Waals surface area contributed by atoms with Crippen LogP contribution in [0.2, 0.25) is 0 Å². The third-order valence-corrected chi connectivity index (χ3v) is 6.25. The first kappa shape index (κ1) is 22.8. The summed E-state index contributed by atoms with van der Waals surface area (Å²) in [5.41, 5.74) is 4.47. The molecule has 8 heteroatoms. The summed E-state index contributed by atoms with van der Waals surface area (Å²) < 4.78 is 1.77. The predicted molar refractivity (Wildman–Crippen MR) is 136 cm³/mol. The number of rotatable bonds is 9. The van der Waals surface area contributed by atoms with Gasteiger partial charge in [0.1, 0.15) is 0 Å². The van der Waals surface area contributed by atoms with Crippen molar-refractivity contribution in [3.8, 4) is 0 Å². The molecule has 2 aromatic heterocycles. The molecule has 174 valence electrons. The number of anilines is 4. The fraction of sp³-hybridized carbons (Fsp3) is 0.400. The van der Waals surface area contributed by atoms with E-state index >= 15 is 0 Å². The summed E-state index contributed by atoms with van der Waals surface area (Å²) in [7, 11) is 4.33. The highest BCUT2D eigenvalue weighted by atomic mass is 15.4. The molecule has 0 saturated heterocycles. The minimum atomic E-state index is 0.377. The average molecular weight is 447 g/mol. The van der Waals surface area contributed by atoms with Crippen LogP contribution in [0, 0.1) is 0 Å². The number of benzene rings is 1. The Morgan fingerprint density at radius 2 is 1.94 bits per heavy atom. The molecule has 2 heterocycles. The highest BCUT2D eigenvalue weighted by molar-refractivity contribution is 5.65. The van der Waals surface area contributed by atoms with E-state index in [0.717, 1.165) is 47.5 Å². The Kier molecular flexibility index (Phi) is 6.93. The molecule has 33 heavy (non-hydrogen) atoms. The molecule has 0 unspecified atom stereocenters. The summed E-state index contributed by atoms with van der Waals surface area (Å²) in [6, 6.07) is 8.99. The highest BCUT2D eigenvalue weighted by Gasteiger charge is 2.23. The first-order chi connectivity index (χ1) is 16.0. The molecule has 1 aromatic carbocycles. The maximum absolute atomic E-state index is 4.82. The molecule has 1 aliphatic carbocycles. The third-order valence-electron chi connectivity index (χ3n) is 6.25. The van der Waals surface area contributed by atoms with Crippen LogP contribution in [0.4, 0.5) is 23.3 Å². The van der Waals surface area contributed by atoms with E-state index in [0.29, 0.717) is 24.0 Å². The van der Waals surface area contributed by atoms with Gasteiger partial charge in [-0.05, 0) is 70.5 Å². The monoisotopic (exact) mass is 446 g/mol. The Bertz CT molecular complexity index is 1120. The number of aryl methyl sites for hydroxylation is 1. The lowest BCUT2D eigenvalue weighted by atomic mass is 9.91. The zero-order chi connectivity index (χ0) is 23.4. The van der Waals surface area contributed by atoms with Crippen molar-refractivity contribution in [2.45, 2.75) is 51.1 Å². The van der Waals surface area contributed by atoms with E-state index in [9.17, 15) is 0 Å². The maximum Gasteiger partial charge on any atom is 0.233 e. The van der Waals surface area contributed by atoms with Crippen LogP contribution in [0.1, 0.15) is 38.2 Å². The van der Waals surface area contributed by atoms with Crippen molar-refractivity contribution < 1.29 is 0 Å². The topological polar surface area (TPSA) is 82.4 Å². The van der Waals surface area contributed by atoms with Crippen LogP contribution >= 0.6 is 0 Å². The van der Waals surface area contributed by atoms with Crippen LogP contribution in [-0.2, 0) is 6.42 Å². The van der Waals surface area contributed by atoms with Gasteiger partial charge >= 0.3 is 0 Å². The van der Waals surface area contributed by atoms with Gasteiger partial charge in [0.25, 0.3) is 0 Å². The summed E-state index contributed by atoms with van der Waals surface area (Å²) in [5.74, 6) is 1.27. The van der Waals surface area contributed by atoms with Gasteiger partial charge in [0.15, 0.2) is 5.65 Å². The van der Waals surface area contributed by atoms with E-state index in [1.165, 1.54) is 12.8 Å². The standard InChI is InChI=1S/C25H34N8/c1-6-17(3)27-20-9-8-10-21(15-20)29-25-31-24(30-23-18(7-2)16-26-33(23)25)28-19-11-13-22(14-12-19)32(4)5/h6,8-10,15-16,19,22,27H,1,3,7,11-14H2,2,4-5H3,(H2,28,29,30,31)/t19-,22-. The number of fused-ring (bicyclic) bond motifs is 1. The molecule has 0 atom stereocenters. The molecule has 1 aliphatic rings. The Labute approximate surface area is 195 Å². The van der Waals surface area contributed by atoms with Crippen LogP contribution < -0.4 is 16.0 Å². The first-order valence-electron chi connectivity index (χ1n) is 11.6. The van der Waals surface area contributed by atoms with Crippen molar-refractivity contribution in [2.75, 3.05) is 30.0 Å². The lowest BCUT2D eigenvalue weighted by Crippen LogP contribution is -2.36. The lowest BCUT2D eigenvalue weighted by molar-refractivity contribution is 0.221. The van der Waals surface area contributed by atoms with Crippen LogP contribution in [0.5, 0.6) is 0 Å². The van der Waals surface area contributed by atoms with E-state index < -0.39 is 0 Å². The van der Waals surface area contributed by atoms with Gasteiger partial charge in [-0.2, -0.15) is 19.6 Å². The number of nitrogens with one attached hydrogen (secondary N) is 3. The van der Waals surface area contributed by atoms with E-state index in [1.807, 2.05) is 30.5 Å². The second-order valence-electron chi connectivity index (χ2n) is 8.80. The van der Waals surface area contributed by atoms with Crippen molar-refractivity contribution in [3.05, 3.63) is 61.0 Å². The van der Waals surface area contributed by atoms with Gasteiger partial charge in [-0.25, -0.2) is 0 Å². The van der Waals surface area contributed by atoms with Crippen LogP contribution in [0.3, 0.4) is 0 Å². The van der Waals surface area contributed by atoms with Gasteiger partial charge < -0.3 is 20.9 Å². The van der Waals surface area contributed by atoms with Crippen molar-refractivity contribution >= 4 is 28.9 Å². The van der Waals surface area contributed by atoms with E-state index in [4.69, 9.17) is 9.97 Å². The van der Waals surface area contributed by atoms with Gasteiger partial charge in [0.2, 0.25) is 11.9 Å². The molecule has 0 spiro atoms. The second kappa shape index (κ2) is 10.0. The molecule has 0 amide bonds. The Morgan fingerprint density at radius 1 is 1.18 bits per heavy atom. The summed E-state index contributed by atoms with van der Waals surface area (Å²) in [6.45, 7) is 9.78. The molecule has 4 rings (SSSR count). The summed E-state index contributed by atoms with van der Waals surface area (Å²) in [5, 5.41) is 14.8. The van der Waals surface area contributed by atoms with Crippen molar-refractivity contribution in [2.24, 2.45) is 0 Å². The van der Waals surface area contributed by atoms with Crippen molar-refractivity contribution in [1.82, 2.24) is 24.5 Å². The SMILES string of the molecule is C=CC(=C)Nc1cccc(Nc2nc(N[C@H]3CC[C@H](N(C)C)CC3)nc3c(CC)cnn23)c1. The molecule has 0 bridgehead atoms. The zero-order valence-electron chi connectivity index (χ0n) is 19.8. The van der Waals surface area contributed by atoms with E-state index in [2.05, 4.69) is 60.1 Å². The van der Waals surface area contributed by atoms with Crippen molar-refractivity contribution in [3.63, 3.8) is 0 Å². The molecular formula is C25H34N8. The molecule has 1 saturated carbocycles. The smallest absolute Gasteiger partial charge is 0.233 e. The van der Waals surface area contributed by atoms with Crippen LogP contribution in [0.25, 0.3) is 5.65 Å². The second-order valence-corrected chi connectivity index (χ2v) is 8.80. The van der Waals surface area contributed by atoms with Gasteiger partial charge in [-0.1, -0.05) is 26.1 Å². The molecule has 0 aliphatic heterocycles. The van der Waals surface area contributed by atoms with E-state index in [-0.39, 0.29) is 0 Å². The molecule has 0 radical (unpaired) electrons. The molecule has 3 aromatic rings.